The van der Waals surface area contributed by atoms with Crippen LogP contribution in [0.25, 0.3) is 0 Å². The molecule has 0 aromatic heterocycles. The van der Waals surface area contributed by atoms with Crippen molar-refractivity contribution in [2.24, 2.45) is 0 Å². The molecule has 0 aromatic rings. The fourth-order valence-corrected chi connectivity index (χ4v) is 0.735. The monoisotopic (exact) mass is 160 g/mol. The zero-order valence-corrected chi connectivity index (χ0v) is 6.03. The van der Waals surface area contributed by atoms with E-state index in [0.29, 0.717) is 0 Å². The summed E-state index contributed by atoms with van der Waals surface area (Å²) >= 11 is 0. The number of ether oxygens (including phenoxy) is 3. The third-order valence-electron chi connectivity index (χ3n) is 1.27. The fourth-order valence-electron chi connectivity index (χ4n) is 0.735. The van der Waals surface area contributed by atoms with Crippen molar-refractivity contribution in [3.8, 4) is 0 Å². The van der Waals surface area contributed by atoms with E-state index in [1.807, 2.05) is 0 Å². The van der Waals surface area contributed by atoms with Gasteiger partial charge in [-0.25, -0.2) is 4.79 Å². The normalized spacial score (nSPS) is 22.3. The quantitative estimate of drug-likeness (QED) is 0.535. The van der Waals surface area contributed by atoms with Crippen LogP contribution in [-0.2, 0) is 19.0 Å². The first kappa shape index (κ1) is 7.84. The van der Waals surface area contributed by atoms with Crippen molar-refractivity contribution in [3.63, 3.8) is 0 Å². The van der Waals surface area contributed by atoms with Gasteiger partial charge in [-0.15, -0.1) is 0 Å². The van der Waals surface area contributed by atoms with E-state index in [9.17, 15) is 9.59 Å². The summed E-state index contributed by atoms with van der Waals surface area (Å²) in [6.07, 6.45) is -1.14. The second kappa shape index (κ2) is 3.23. The van der Waals surface area contributed by atoms with Gasteiger partial charge in [-0.1, -0.05) is 0 Å². The van der Waals surface area contributed by atoms with Crippen molar-refractivity contribution < 1.29 is 23.8 Å². The van der Waals surface area contributed by atoms with E-state index in [1.165, 1.54) is 7.11 Å². The number of carbonyl (C=O) groups is 2. The van der Waals surface area contributed by atoms with Crippen molar-refractivity contribution in [1.29, 1.82) is 0 Å². The van der Waals surface area contributed by atoms with Gasteiger partial charge < -0.3 is 14.2 Å². The zero-order valence-electron chi connectivity index (χ0n) is 6.03. The maximum Gasteiger partial charge on any atom is 0.508 e. The van der Waals surface area contributed by atoms with Crippen LogP contribution in [0.1, 0.15) is 6.42 Å². The van der Waals surface area contributed by atoms with E-state index in [0.717, 1.165) is 0 Å². The molecule has 1 rings (SSSR count). The molecule has 0 saturated carbocycles. The Kier molecular flexibility index (Phi) is 2.30. The van der Waals surface area contributed by atoms with E-state index in [1.54, 1.807) is 0 Å². The molecular weight excluding hydrogens is 152 g/mol. The van der Waals surface area contributed by atoms with Gasteiger partial charge in [0.05, 0.1) is 13.5 Å². The molecule has 0 bridgehead atoms. The van der Waals surface area contributed by atoms with Gasteiger partial charge >= 0.3 is 12.1 Å². The van der Waals surface area contributed by atoms with E-state index >= 15 is 0 Å². The highest BCUT2D eigenvalue weighted by atomic mass is 16.8. The third-order valence-corrected chi connectivity index (χ3v) is 1.27. The number of methoxy groups -OCH3 is 1. The van der Waals surface area contributed by atoms with Crippen LogP contribution in [0.5, 0.6) is 0 Å². The van der Waals surface area contributed by atoms with Crippen molar-refractivity contribution in [3.05, 3.63) is 0 Å². The van der Waals surface area contributed by atoms with Crippen LogP contribution in [0.3, 0.4) is 0 Å². The van der Waals surface area contributed by atoms with E-state index in [4.69, 9.17) is 0 Å². The SMILES string of the molecule is COC(=O)CC1COC(=O)O1. The van der Waals surface area contributed by atoms with Crippen molar-refractivity contribution in [1.82, 2.24) is 0 Å². The van der Waals surface area contributed by atoms with Gasteiger partial charge in [-0.05, 0) is 0 Å². The van der Waals surface area contributed by atoms with Crippen LogP contribution in [0.2, 0.25) is 0 Å². The van der Waals surface area contributed by atoms with Crippen LogP contribution in [0, 0.1) is 0 Å². The molecule has 1 aliphatic heterocycles. The Morgan fingerprint density at radius 2 is 2.55 bits per heavy atom. The number of rotatable bonds is 2. The maximum atomic E-state index is 10.6. The minimum Gasteiger partial charge on any atom is -0.469 e. The van der Waals surface area contributed by atoms with Gasteiger partial charge in [0.2, 0.25) is 0 Å². The van der Waals surface area contributed by atoms with Crippen LogP contribution in [-0.4, -0.2) is 31.9 Å². The zero-order chi connectivity index (χ0) is 8.27. The summed E-state index contributed by atoms with van der Waals surface area (Å²) in [6.45, 7) is 0.133. The molecule has 62 valence electrons. The largest absolute Gasteiger partial charge is 0.508 e. The number of hydrogen-bond donors (Lipinski definition) is 0. The van der Waals surface area contributed by atoms with Crippen LogP contribution in [0.4, 0.5) is 4.79 Å². The van der Waals surface area contributed by atoms with Crippen molar-refractivity contribution in [2.75, 3.05) is 13.7 Å². The Hall–Kier alpha value is -1.26. The lowest BCUT2D eigenvalue weighted by Gasteiger charge is -2.02. The molecule has 1 fully saturated rings. The molecular formula is C6H8O5. The minimum absolute atomic E-state index is 0.0578. The van der Waals surface area contributed by atoms with E-state index in [-0.39, 0.29) is 13.0 Å². The van der Waals surface area contributed by atoms with Gasteiger partial charge in [0.15, 0.2) is 0 Å². The lowest BCUT2D eigenvalue weighted by atomic mass is 10.3. The Labute approximate surface area is 63.2 Å². The summed E-state index contributed by atoms with van der Waals surface area (Å²) in [6, 6.07) is 0. The molecule has 0 aromatic carbocycles. The van der Waals surface area contributed by atoms with Crippen molar-refractivity contribution >= 4 is 12.1 Å². The molecule has 1 heterocycles. The molecule has 5 heteroatoms. The second-order valence-corrected chi connectivity index (χ2v) is 2.08. The third kappa shape index (κ3) is 2.10. The number of esters is 1. The Morgan fingerprint density at radius 3 is 3.00 bits per heavy atom. The highest BCUT2D eigenvalue weighted by Gasteiger charge is 2.27. The number of carbonyl (C=O) groups excluding carboxylic acids is 2. The highest BCUT2D eigenvalue weighted by molar-refractivity contribution is 5.71. The van der Waals surface area contributed by atoms with Gasteiger partial charge in [0, 0.05) is 0 Å². The molecule has 0 N–H and O–H groups in total. The molecule has 1 aliphatic rings. The maximum absolute atomic E-state index is 10.6. The van der Waals surface area contributed by atoms with Crippen molar-refractivity contribution in [2.45, 2.75) is 12.5 Å². The lowest BCUT2D eigenvalue weighted by molar-refractivity contribution is -0.142. The molecule has 1 unspecified atom stereocenters. The molecule has 0 amide bonds. The molecule has 0 aliphatic carbocycles. The highest BCUT2D eigenvalue weighted by Crippen LogP contribution is 2.09. The van der Waals surface area contributed by atoms with Crippen LogP contribution < -0.4 is 0 Å². The Bertz CT molecular complexity index is 176. The molecule has 1 saturated heterocycles. The average molecular weight is 160 g/mol. The topological polar surface area (TPSA) is 61.8 Å². The summed E-state index contributed by atoms with van der Waals surface area (Å²) in [5.41, 5.74) is 0. The number of hydrogen-bond acceptors (Lipinski definition) is 5. The number of cyclic esters (lactones) is 2. The van der Waals surface area contributed by atoms with Crippen LogP contribution >= 0.6 is 0 Å². The first-order valence-electron chi connectivity index (χ1n) is 3.12. The summed E-state index contributed by atoms with van der Waals surface area (Å²) in [5.74, 6) is -0.409. The Morgan fingerprint density at radius 1 is 1.82 bits per heavy atom. The van der Waals surface area contributed by atoms with Crippen LogP contribution in [0.15, 0.2) is 0 Å². The average Bonchev–Trinajstić information content (AvgIpc) is 2.35. The molecule has 11 heavy (non-hydrogen) atoms. The lowest BCUT2D eigenvalue weighted by Crippen LogP contribution is -2.16. The predicted octanol–water partition coefficient (Wildman–Crippen LogP) is 0.0849. The molecule has 1 atom stereocenters. The first-order chi connectivity index (χ1) is 5.22. The summed E-state index contributed by atoms with van der Waals surface area (Å²) < 4.78 is 13.4. The van der Waals surface area contributed by atoms with E-state index < -0.39 is 18.2 Å². The first-order valence-corrected chi connectivity index (χ1v) is 3.12. The predicted molar refractivity (Wildman–Crippen MR) is 32.9 cm³/mol. The minimum atomic E-state index is -0.723. The summed E-state index contributed by atoms with van der Waals surface area (Å²) in [7, 11) is 1.28. The second-order valence-electron chi connectivity index (χ2n) is 2.08. The van der Waals surface area contributed by atoms with Gasteiger partial charge in [0.25, 0.3) is 0 Å². The fraction of sp³-hybridized carbons (Fsp3) is 0.667. The standard InChI is InChI=1S/C6H8O5/c1-9-5(7)2-4-3-10-6(8)11-4/h4H,2-3H2,1H3. The Balaban J connectivity index is 2.28. The summed E-state index contributed by atoms with van der Waals surface area (Å²) in [5, 5.41) is 0. The molecule has 0 radical (unpaired) electrons. The van der Waals surface area contributed by atoms with Gasteiger partial charge in [-0.2, -0.15) is 0 Å². The van der Waals surface area contributed by atoms with E-state index in [2.05, 4.69) is 14.2 Å². The molecule has 5 nitrogen and oxygen atoms in total. The smallest absolute Gasteiger partial charge is 0.469 e. The summed E-state index contributed by atoms with van der Waals surface area (Å²) in [4.78, 5) is 20.9. The molecule has 0 spiro atoms. The van der Waals surface area contributed by atoms with Gasteiger partial charge in [-0.3, -0.25) is 4.79 Å². The van der Waals surface area contributed by atoms with Gasteiger partial charge in [0.1, 0.15) is 12.7 Å².